The number of aromatic nitrogens is 3. The summed E-state index contributed by atoms with van der Waals surface area (Å²) in [7, 11) is 0. The number of hydrogen-bond acceptors (Lipinski definition) is 6. The third-order valence-electron chi connectivity index (χ3n) is 4.33. The molecule has 0 atom stereocenters. The first-order valence-corrected chi connectivity index (χ1v) is 11.5. The molecule has 0 spiro atoms. The lowest BCUT2D eigenvalue weighted by Gasteiger charge is -2.10. The molecule has 4 rings (SSSR count). The van der Waals surface area contributed by atoms with Gasteiger partial charge in [0.25, 0.3) is 0 Å². The van der Waals surface area contributed by atoms with Crippen LogP contribution in [0.4, 0.5) is 5.69 Å². The highest BCUT2D eigenvalue weighted by Gasteiger charge is 2.18. The summed E-state index contributed by atoms with van der Waals surface area (Å²) < 4.78 is 7.50. The molecule has 30 heavy (non-hydrogen) atoms. The van der Waals surface area contributed by atoms with E-state index in [1.54, 1.807) is 18.0 Å². The van der Waals surface area contributed by atoms with Crippen molar-refractivity contribution in [2.75, 3.05) is 17.3 Å². The van der Waals surface area contributed by atoms with E-state index in [9.17, 15) is 4.79 Å². The van der Waals surface area contributed by atoms with Gasteiger partial charge in [-0.1, -0.05) is 48.2 Å². The average molecular weight is 437 g/mol. The molecule has 0 aliphatic rings. The van der Waals surface area contributed by atoms with Gasteiger partial charge < -0.3 is 9.73 Å². The van der Waals surface area contributed by atoms with E-state index in [1.807, 2.05) is 77.6 Å². The molecule has 0 saturated carbocycles. The molecule has 2 heterocycles. The minimum Gasteiger partial charge on any atom is -0.461 e. The summed E-state index contributed by atoms with van der Waals surface area (Å²) in [5, 5.41) is 12.2. The van der Waals surface area contributed by atoms with Gasteiger partial charge in [-0.3, -0.25) is 9.36 Å². The number of benzene rings is 2. The van der Waals surface area contributed by atoms with Gasteiger partial charge >= 0.3 is 0 Å². The first kappa shape index (κ1) is 20.3. The molecule has 0 aliphatic carbocycles. The van der Waals surface area contributed by atoms with Crippen LogP contribution in [0.1, 0.15) is 5.56 Å². The van der Waals surface area contributed by atoms with Crippen LogP contribution in [-0.2, 0) is 11.3 Å². The Morgan fingerprint density at radius 3 is 2.70 bits per heavy atom. The fourth-order valence-electron chi connectivity index (χ4n) is 2.92. The molecule has 0 fully saturated rings. The highest BCUT2D eigenvalue weighted by molar-refractivity contribution is 7.99. The third kappa shape index (κ3) is 4.95. The van der Waals surface area contributed by atoms with Gasteiger partial charge in [-0.25, -0.2) is 0 Å². The van der Waals surface area contributed by atoms with E-state index in [-0.39, 0.29) is 11.7 Å². The van der Waals surface area contributed by atoms with Gasteiger partial charge in [0.15, 0.2) is 10.9 Å². The lowest BCUT2D eigenvalue weighted by atomic mass is 10.2. The second kappa shape index (κ2) is 9.69. The second-order valence-corrected chi connectivity index (χ2v) is 8.25. The van der Waals surface area contributed by atoms with Gasteiger partial charge in [0.05, 0.1) is 18.6 Å². The Balaban J connectivity index is 1.50. The zero-order valence-corrected chi connectivity index (χ0v) is 18.0. The number of carbonyl (C=O) groups is 1. The van der Waals surface area contributed by atoms with E-state index >= 15 is 0 Å². The first-order valence-electron chi connectivity index (χ1n) is 9.30. The van der Waals surface area contributed by atoms with Crippen molar-refractivity contribution < 1.29 is 9.21 Å². The van der Waals surface area contributed by atoms with E-state index in [0.29, 0.717) is 23.3 Å². The predicted octanol–water partition coefficient (Wildman–Crippen LogP) is 5.04. The number of anilines is 1. The monoisotopic (exact) mass is 436 g/mol. The second-order valence-electron chi connectivity index (χ2n) is 6.42. The van der Waals surface area contributed by atoms with Crippen LogP contribution in [0.15, 0.2) is 87.5 Å². The molecule has 0 bridgehead atoms. The molecule has 4 aromatic rings. The van der Waals surface area contributed by atoms with Crippen molar-refractivity contribution in [2.45, 2.75) is 16.6 Å². The maximum absolute atomic E-state index is 12.5. The van der Waals surface area contributed by atoms with Crippen LogP contribution >= 0.6 is 23.5 Å². The SMILES string of the molecule is CSc1cccc(NC(=O)CSc2nnc(-c3ccco3)n2Cc2ccccc2)c1. The molecule has 2 aromatic carbocycles. The Morgan fingerprint density at radius 2 is 1.93 bits per heavy atom. The molecule has 2 aromatic heterocycles. The first-order chi connectivity index (χ1) is 14.7. The normalized spacial score (nSPS) is 10.8. The van der Waals surface area contributed by atoms with Crippen molar-refractivity contribution in [1.29, 1.82) is 0 Å². The highest BCUT2D eigenvalue weighted by Crippen LogP contribution is 2.26. The quantitative estimate of drug-likeness (QED) is 0.390. The number of nitrogens with zero attached hydrogens (tertiary/aromatic N) is 3. The number of amides is 1. The Bertz CT molecular complexity index is 1110. The summed E-state index contributed by atoms with van der Waals surface area (Å²) in [4.78, 5) is 13.6. The maximum atomic E-state index is 12.5. The lowest BCUT2D eigenvalue weighted by Crippen LogP contribution is -2.14. The largest absolute Gasteiger partial charge is 0.461 e. The molecule has 0 saturated heterocycles. The molecular formula is C22H20N4O2S2. The van der Waals surface area contributed by atoms with Crippen LogP contribution in [0, 0.1) is 0 Å². The van der Waals surface area contributed by atoms with Gasteiger partial charge in [0.2, 0.25) is 11.7 Å². The van der Waals surface area contributed by atoms with Gasteiger partial charge in [-0.15, -0.1) is 22.0 Å². The molecule has 0 radical (unpaired) electrons. The van der Waals surface area contributed by atoms with Gasteiger partial charge in [0.1, 0.15) is 0 Å². The molecule has 6 nitrogen and oxygen atoms in total. The number of carbonyl (C=O) groups excluding carboxylic acids is 1. The van der Waals surface area contributed by atoms with Crippen LogP contribution in [0.25, 0.3) is 11.6 Å². The van der Waals surface area contributed by atoms with Gasteiger partial charge in [0, 0.05) is 10.6 Å². The maximum Gasteiger partial charge on any atom is 0.234 e. The lowest BCUT2D eigenvalue weighted by molar-refractivity contribution is -0.113. The summed E-state index contributed by atoms with van der Waals surface area (Å²) >= 11 is 2.99. The molecule has 0 unspecified atom stereocenters. The fourth-order valence-corrected chi connectivity index (χ4v) is 4.12. The smallest absolute Gasteiger partial charge is 0.234 e. The average Bonchev–Trinajstić information content (AvgIpc) is 3.43. The van der Waals surface area contributed by atoms with Crippen LogP contribution in [0.3, 0.4) is 0 Å². The van der Waals surface area contributed by atoms with E-state index in [0.717, 1.165) is 16.1 Å². The zero-order valence-electron chi connectivity index (χ0n) is 16.3. The van der Waals surface area contributed by atoms with Crippen molar-refractivity contribution in [2.24, 2.45) is 0 Å². The molecular weight excluding hydrogens is 416 g/mol. The van der Waals surface area contributed by atoms with Gasteiger partial charge in [-0.2, -0.15) is 0 Å². The minimum absolute atomic E-state index is 0.0907. The zero-order chi connectivity index (χ0) is 20.8. The Morgan fingerprint density at radius 1 is 1.07 bits per heavy atom. The van der Waals surface area contributed by atoms with Crippen LogP contribution in [0.2, 0.25) is 0 Å². The molecule has 1 N–H and O–H groups in total. The predicted molar refractivity (Wildman–Crippen MR) is 121 cm³/mol. The summed E-state index contributed by atoms with van der Waals surface area (Å²) in [6.07, 6.45) is 3.62. The third-order valence-corrected chi connectivity index (χ3v) is 6.02. The van der Waals surface area contributed by atoms with Crippen LogP contribution in [0.5, 0.6) is 0 Å². The summed E-state index contributed by atoms with van der Waals surface area (Å²) in [6.45, 7) is 0.587. The molecule has 8 heteroatoms. The van der Waals surface area contributed by atoms with Crippen molar-refractivity contribution >= 4 is 35.1 Å². The topological polar surface area (TPSA) is 73.0 Å². The number of hydrogen-bond donors (Lipinski definition) is 1. The van der Waals surface area contributed by atoms with Crippen molar-refractivity contribution in [3.63, 3.8) is 0 Å². The summed E-state index contributed by atoms with van der Waals surface area (Å²) in [5.41, 5.74) is 1.90. The highest BCUT2D eigenvalue weighted by atomic mass is 32.2. The van der Waals surface area contributed by atoms with Crippen molar-refractivity contribution in [3.05, 3.63) is 78.6 Å². The van der Waals surface area contributed by atoms with Crippen LogP contribution < -0.4 is 5.32 Å². The number of furan rings is 1. The molecule has 152 valence electrons. The number of thioether (sulfide) groups is 2. The summed E-state index contributed by atoms with van der Waals surface area (Å²) in [6, 6.07) is 21.5. The number of rotatable bonds is 8. The van der Waals surface area contributed by atoms with E-state index in [2.05, 4.69) is 15.5 Å². The Kier molecular flexibility index (Phi) is 6.56. The van der Waals surface area contributed by atoms with Crippen molar-refractivity contribution in [1.82, 2.24) is 14.8 Å². The van der Waals surface area contributed by atoms with Crippen molar-refractivity contribution in [3.8, 4) is 11.6 Å². The minimum atomic E-state index is -0.0907. The summed E-state index contributed by atoms with van der Waals surface area (Å²) in [5.74, 6) is 1.42. The van der Waals surface area contributed by atoms with E-state index in [4.69, 9.17) is 4.42 Å². The van der Waals surface area contributed by atoms with Crippen LogP contribution in [-0.4, -0.2) is 32.7 Å². The number of nitrogens with one attached hydrogen (secondary N) is 1. The van der Waals surface area contributed by atoms with E-state index in [1.165, 1.54) is 11.8 Å². The molecule has 0 aliphatic heterocycles. The Labute approximate surface area is 183 Å². The van der Waals surface area contributed by atoms with E-state index < -0.39 is 0 Å². The Hall–Kier alpha value is -2.97. The molecule has 1 amide bonds. The fraction of sp³-hybridized carbons (Fsp3) is 0.136. The van der Waals surface area contributed by atoms with Gasteiger partial charge in [-0.05, 0) is 42.2 Å². The standard InChI is InChI=1S/C22H20N4O2S2/c1-29-18-10-5-9-17(13-18)23-20(27)15-30-22-25-24-21(19-11-6-12-28-19)26(22)14-16-7-3-2-4-8-16/h2-13H,14-15H2,1H3,(H,23,27).